The zero-order valence-electron chi connectivity index (χ0n) is 16.6. The molecule has 2 heterocycles. The van der Waals surface area contributed by atoms with E-state index >= 15 is 0 Å². The van der Waals surface area contributed by atoms with Crippen LogP contribution in [0.4, 0.5) is 5.69 Å². The van der Waals surface area contributed by atoms with Crippen molar-refractivity contribution in [2.75, 3.05) is 18.5 Å². The van der Waals surface area contributed by atoms with Gasteiger partial charge < -0.3 is 24.9 Å². The molecule has 2 aromatic rings. The van der Waals surface area contributed by atoms with E-state index < -0.39 is 0 Å². The Kier molecular flexibility index (Phi) is 6.44. The largest absolute Gasteiger partial charge is 0.505 e. The molecule has 29 heavy (non-hydrogen) atoms. The molecule has 3 rings (SSSR count). The van der Waals surface area contributed by atoms with Gasteiger partial charge in [0.05, 0.1) is 19.6 Å². The van der Waals surface area contributed by atoms with Gasteiger partial charge in [0.25, 0.3) is 0 Å². The number of esters is 1. The van der Waals surface area contributed by atoms with Crippen LogP contribution in [0.15, 0.2) is 43.2 Å². The van der Waals surface area contributed by atoms with E-state index in [1.165, 1.54) is 0 Å². The van der Waals surface area contributed by atoms with Crippen LogP contribution in [0, 0.1) is 0 Å². The molecule has 1 aliphatic rings. The Morgan fingerprint density at radius 1 is 1.24 bits per heavy atom. The van der Waals surface area contributed by atoms with E-state index in [9.17, 15) is 9.90 Å². The Balaban J connectivity index is 1.98. The predicted octanol–water partition coefficient (Wildman–Crippen LogP) is 4.70. The standard InChI is InChI=1S/C23H26N2O4/c1-4-16-17(5-2)24-22(23(16)27)21-19(29-14-13-20(26)28-6-3)12-11-15-9-7-8-10-18(15)25-21/h4-5,7-10,24-25,27H,1-2,6,11-14H2,3H3. The zero-order chi connectivity index (χ0) is 20.8. The number of rotatable bonds is 8. The summed E-state index contributed by atoms with van der Waals surface area (Å²) in [6.45, 7) is 9.87. The highest BCUT2D eigenvalue weighted by molar-refractivity contribution is 5.85. The van der Waals surface area contributed by atoms with E-state index in [0.717, 1.165) is 17.7 Å². The van der Waals surface area contributed by atoms with Crippen LogP contribution >= 0.6 is 0 Å². The highest BCUT2D eigenvalue weighted by Crippen LogP contribution is 2.38. The first-order chi connectivity index (χ1) is 14.1. The highest BCUT2D eigenvalue weighted by Gasteiger charge is 2.24. The molecule has 3 N–H and O–H groups in total. The van der Waals surface area contributed by atoms with Gasteiger partial charge in [0.15, 0.2) is 5.75 Å². The average molecular weight is 394 g/mol. The fourth-order valence-corrected chi connectivity index (χ4v) is 3.35. The second-order valence-corrected chi connectivity index (χ2v) is 6.57. The quantitative estimate of drug-likeness (QED) is 0.565. The summed E-state index contributed by atoms with van der Waals surface area (Å²) in [4.78, 5) is 14.9. The molecular formula is C23H26N2O4. The third-order valence-electron chi connectivity index (χ3n) is 4.77. The van der Waals surface area contributed by atoms with E-state index in [-0.39, 0.29) is 24.7 Å². The lowest BCUT2D eigenvalue weighted by Crippen LogP contribution is -2.10. The number of hydrogen-bond acceptors (Lipinski definition) is 5. The monoisotopic (exact) mass is 394 g/mol. The van der Waals surface area contributed by atoms with Gasteiger partial charge >= 0.3 is 5.97 Å². The van der Waals surface area contributed by atoms with Gasteiger partial charge in [0.2, 0.25) is 0 Å². The Morgan fingerprint density at radius 2 is 2.03 bits per heavy atom. The lowest BCUT2D eigenvalue weighted by Gasteiger charge is -2.15. The Hall–Kier alpha value is -3.41. The summed E-state index contributed by atoms with van der Waals surface area (Å²) in [7, 11) is 0. The second kappa shape index (κ2) is 9.19. The molecule has 1 aromatic heterocycles. The van der Waals surface area contributed by atoms with Crippen molar-refractivity contribution >= 4 is 29.5 Å². The summed E-state index contributed by atoms with van der Waals surface area (Å²) in [6.07, 6.45) is 4.76. The van der Waals surface area contributed by atoms with Crippen molar-refractivity contribution in [1.82, 2.24) is 4.98 Å². The summed E-state index contributed by atoms with van der Waals surface area (Å²) in [5.74, 6) is 0.432. The minimum atomic E-state index is -0.301. The molecule has 1 aliphatic heterocycles. The van der Waals surface area contributed by atoms with Crippen LogP contribution < -0.4 is 5.32 Å². The second-order valence-electron chi connectivity index (χ2n) is 6.57. The number of aromatic amines is 1. The number of nitrogens with one attached hydrogen (secondary N) is 2. The lowest BCUT2D eigenvalue weighted by molar-refractivity contribution is -0.144. The number of ether oxygens (including phenoxy) is 2. The summed E-state index contributed by atoms with van der Waals surface area (Å²) in [5, 5.41) is 14.2. The van der Waals surface area contributed by atoms with Crippen molar-refractivity contribution in [2.45, 2.75) is 26.2 Å². The first-order valence-corrected chi connectivity index (χ1v) is 9.65. The molecule has 0 spiro atoms. The smallest absolute Gasteiger partial charge is 0.309 e. The number of aromatic nitrogens is 1. The van der Waals surface area contributed by atoms with E-state index in [2.05, 4.69) is 29.5 Å². The van der Waals surface area contributed by atoms with Crippen molar-refractivity contribution in [2.24, 2.45) is 0 Å². The molecule has 0 saturated carbocycles. The number of aryl methyl sites for hydroxylation is 1. The average Bonchev–Trinajstić information content (AvgIpc) is 2.93. The van der Waals surface area contributed by atoms with Crippen LogP contribution in [0.2, 0.25) is 0 Å². The highest BCUT2D eigenvalue weighted by atomic mass is 16.5. The van der Waals surface area contributed by atoms with Crippen LogP contribution in [0.5, 0.6) is 5.75 Å². The first-order valence-electron chi connectivity index (χ1n) is 9.65. The maximum absolute atomic E-state index is 11.7. The van der Waals surface area contributed by atoms with E-state index in [4.69, 9.17) is 9.47 Å². The molecule has 6 nitrogen and oxygen atoms in total. The van der Waals surface area contributed by atoms with Gasteiger partial charge in [0, 0.05) is 23.4 Å². The van der Waals surface area contributed by atoms with E-state index in [1.54, 1.807) is 19.1 Å². The molecule has 0 bridgehead atoms. The third-order valence-corrected chi connectivity index (χ3v) is 4.77. The van der Waals surface area contributed by atoms with Crippen LogP contribution in [0.25, 0.3) is 17.8 Å². The Labute approximate surface area is 170 Å². The maximum Gasteiger partial charge on any atom is 0.309 e. The number of H-pyrrole nitrogens is 1. The number of carbonyl (C=O) groups excluding carboxylic acids is 1. The molecule has 0 radical (unpaired) electrons. The molecule has 0 amide bonds. The normalized spacial score (nSPS) is 13.1. The van der Waals surface area contributed by atoms with E-state index in [0.29, 0.717) is 41.4 Å². The van der Waals surface area contributed by atoms with Crippen LogP contribution in [-0.2, 0) is 20.7 Å². The zero-order valence-corrected chi connectivity index (χ0v) is 16.6. The first kappa shape index (κ1) is 20.3. The SMILES string of the molecule is C=Cc1[nH]c(C2=C(OCCC(=O)OCC)CCc3ccccc3N2)c(O)c1C=C. The Bertz CT molecular complexity index is 956. The van der Waals surface area contributed by atoms with Crippen molar-refractivity contribution in [3.05, 3.63) is 65.7 Å². The molecule has 0 atom stereocenters. The van der Waals surface area contributed by atoms with E-state index in [1.807, 2.05) is 18.2 Å². The summed E-state index contributed by atoms with van der Waals surface area (Å²) in [5.41, 5.74) is 4.47. The summed E-state index contributed by atoms with van der Waals surface area (Å²) in [6, 6.07) is 7.99. The molecule has 152 valence electrons. The van der Waals surface area contributed by atoms with Gasteiger partial charge in [-0.25, -0.2) is 0 Å². The fraction of sp³-hybridized carbons (Fsp3) is 0.261. The van der Waals surface area contributed by atoms with Gasteiger partial charge in [-0.15, -0.1) is 0 Å². The number of allylic oxidation sites excluding steroid dienone is 1. The lowest BCUT2D eigenvalue weighted by atomic mass is 10.1. The van der Waals surface area contributed by atoms with Crippen molar-refractivity contribution < 1.29 is 19.4 Å². The van der Waals surface area contributed by atoms with Crippen molar-refractivity contribution in [1.29, 1.82) is 0 Å². The molecule has 0 saturated heterocycles. The molecule has 0 fully saturated rings. The van der Waals surface area contributed by atoms with Crippen molar-refractivity contribution in [3.63, 3.8) is 0 Å². The molecule has 0 aliphatic carbocycles. The number of carbonyl (C=O) groups is 1. The predicted molar refractivity (Wildman–Crippen MR) is 115 cm³/mol. The fourth-order valence-electron chi connectivity index (χ4n) is 3.35. The minimum absolute atomic E-state index is 0.0725. The number of fused-ring (bicyclic) bond motifs is 1. The van der Waals surface area contributed by atoms with Gasteiger partial charge in [0.1, 0.15) is 17.2 Å². The number of anilines is 1. The van der Waals surface area contributed by atoms with Crippen LogP contribution in [-0.4, -0.2) is 29.3 Å². The summed E-state index contributed by atoms with van der Waals surface area (Å²) >= 11 is 0. The molecular weight excluding hydrogens is 368 g/mol. The van der Waals surface area contributed by atoms with Crippen LogP contribution in [0.3, 0.4) is 0 Å². The number of para-hydroxylation sites is 1. The van der Waals surface area contributed by atoms with Gasteiger partial charge in [-0.3, -0.25) is 4.79 Å². The summed E-state index contributed by atoms with van der Waals surface area (Å²) < 4.78 is 10.9. The van der Waals surface area contributed by atoms with Gasteiger partial charge in [-0.2, -0.15) is 0 Å². The topological polar surface area (TPSA) is 83.6 Å². The maximum atomic E-state index is 11.7. The number of aromatic hydroxyl groups is 1. The molecule has 0 unspecified atom stereocenters. The number of hydrogen-bond donors (Lipinski definition) is 3. The molecule has 6 heteroatoms. The van der Waals surface area contributed by atoms with Crippen molar-refractivity contribution in [3.8, 4) is 5.75 Å². The molecule has 1 aromatic carbocycles. The third kappa shape index (κ3) is 4.37. The van der Waals surface area contributed by atoms with Crippen LogP contribution in [0.1, 0.15) is 42.3 Å². The van der Waals surface area contributed by atoms with Gasteiger partial charge in [-0.1, -0.05) is 37.4 Å². The number of benzene rings is 1. The minimum Gasteiger partial charge on any atom is -0.505 e. The Morgan fingerprint density at radius 3 is 2.72 bits per heavy atom. The van der Waals surface area contributed by atoms with Gasteiger partial charge in [-0.05, 0) is 31.1 Å².